The summed E-state index contributed by atoms with van der Waals surface area (Å²) < 4.78 is 153. The monoisotopic (exact) mass is 302 g/mol. The highest BCUT2D eigenvalue weighted by Crippen LogP contribution is 2.35. The van der Waals surface area contributed by atoms with Crippen LogP contribution in [-0.4, -0.2) is 40.9 Å². The number of hydrogen-bond acceptors (Lipinski definition) is 3. The maximum Gasteiger partial charge on any atom is 0.340 e. The summed E-state index contributed by atoms with van der Waals surface area (Å²) in [5, 5.41) is -0.379. The van der Waals surface area contributed by atoms with Gasteiger partial charge in [0.1, 0.15) is 6.08 Å². The van der Waals surface area contributed by atoms with E-state index in [1.54, 1.807) is 0 Å². The van der Waals surface area contributed by atoms with Gasteiger partial charge < -0.3 is 14.6 Å². The summed E-state index contributed by atoms with van der Waals surface area (Å²) in [4.78, 5) is 15.0. The van der Waals surface area contributed by atoms with Gasteiger partial charge >= 0.3 is 5.97 Å². The molecule has 1 aromatic heterocycles. The zero-order valence-corrected chi connectivity index (χ0v) is 10.3. The molecule has 2 fully saturated rings. The number of piperidine rings is 1. The van der Waals surface area contributed by atoms with Crippen LogP contribution in [0.25, 0.3) is 10.9 Å². The lowest BCUT2D eigenvalue weighted by Gasteiger charge is -2.35. The zero-order valence-electron chi connectivity index (χ0n) is 28.3. The molecule has 0 spiro atoms. The number of esters is 1. The molecule has 1 aromatic carbocycles. The first kappa shape index (κ1) is 3.93. The summed E-state index contributed by atoms with van der Waals surface area (Å²) in [6.45, 7) is -3.85. The molecule has 2 aliphatic heterocycles. The lowest BCUT2D eigenvalue weighted by Crippen LogP contribution is -2.43. The second-order valence-electron chi connectivity index (χ2n) is 4.20. The molecule has 0 aliphatic carbocycles. The Hall–Kier alpha value is -1.81. The van der Waals surface area contributed by atoms with Crippen LogP contribution in [0.1, 0.15) is 60.5 Å². The largest absolute Gasteiger partial charge is 0.459 e. The summed E-state index contributed by atoms with van der Waals surface area (Å²) in [6.07, 6.45) is -21.3. The molecule has 4 rings (SSSR count). The van der Waals surface area contributed by atoms with Gasteiger partial charge in [-0.05, 0) is 25.8 Å². The molecule has 1 N–H and O–H groups in total. The Morgan fingerprint density at radius 1 is 1.52 bits per heavy atom. The Labute approximate surface area is 149 Å². The normalized spacial score (nSPS) is 62.1. The highest BCUT2D eigenvalue weighted by Gasteiger charge is 2.40. The number of hydrogen-bond donors (Lipinski definition) is 1. The molecule has 2 aromatic rings. The number of H-pyrrole nitrogens is 1. The van der Waals surface area contributed by atoms with Crippen molar-refractivity contribution < 1.29 is 34.2 Å². The maximum atomic E-state index is 13.3. The van der Waals surface area contributed by atoms with Crippen LogP contribution in [0.2, 0.25) is 0 Å². The van der Waals surface area contributed by atoms with Crippen molar-refractivity contribution in [3.8, 4) is 0 Å². The molecule has 1 unspecified atom stereocenters. The van der Waals surface area contributed by atoms with Crippen LogP contribution < -0.4 is 0 Å². The van der Waals surface area contributed by atoms with Crippen molar-refractivity contribution in [2.45, 2.75) is 43.6 Å². The SMILES string of the molecule is [2H]c1cc2c(C(=O)OC3([2H])C([2H])([2H])[C@]4([2H])N(C([2H])([2H])[2H])[C@]([2H])(C3([2H])[2H])C([2H])([2H])C4([2H])[2H])c([2H])[nH]c2c([2H])c1[2H]. The number of benzene rings is 1. The van der Waals surface area contributed by atoms with E-state index >= 15 is 0 Å². The number of fused-ring (bicyclic) bond motifs is 3. The van der Waals surface area contributed by atoms with Crippen molar-refractivity contribution in [3.05, 3.63) is 35.9 Å². The first-order chi connectivity index (χ1) is 17.2. The number of carbonyl (C=O) groups is 1. The van der Waals surface area contributed by atoms with Gasteiger partial charge in [0.25, 0.3) is 0 Å². The minimum Gasteiger partial charge on any atom is -0.459 e. The van der Waals surface area contributed by atoms with Crippen LogP contribution in [0.5, 0.6) is 0 Å². The molecule has 3 atom stereocenters. The average Bonchev–Trinajstić information content (AvgIpc) is 3.14. The fourth-order valence-electron chi connectivity index (χ4n) is 1.95. The fraction of sp³-hybridized carbons (Fsp3) is 0.471. The molecule has 3 heterocycles. The quantitative estimate of drug-likeness (QED) is 0.868. The van der Waals surface area contributed by atoms with E-state index in [-0.39, 0.29) is 10.9 Å². The average molecular weight is 302 g/mol. The molecule has 21 heavy (non-hydrogen) atoms. The van der Waals surface area contributed by atoms with Gasteiger partial charge in [-0.15, -0.1) is 0 Å². The molecule has 2 bridgehead atoms. The van der Waals surface area contributed by atoms with E-state index in [9.17, 15) is 4.79 Å². The number of rotatable bonds is 2. The van der Waals surface area contributed by atoms with Crippen LogP contribution in [0.3, 0.4) is 0 Å². The summed E-state index contributed by atoms with van der Waals surface area (Å²) >= 11 is 0. The second-order valence-corrected chi connectivity index (χ2v) is 4.20. The molecule has 0 amide bonds. The summed E-state index contributed by atoms with van der Waals surface area (Å²) in [6, 6.07) is -8.99. The van der Waals surface area contributed by atoms with Gasteiger partial charge in [-0.25, -0.2) is 4.79 Å². The van der Waals surface area contributed by atoms with Gasteiger partial charge in [-0.2, -0.15) is 0 Å². The summed E-state index contributed by atoms with van der Waals surface area (Å²) in [7, 11) is 0. The minimum absolute atomic E-state index is 0.308. The van der Waals surface area contributed by atoms with Gasteiger partial charge in [0.15, 0.2) is 0 Å². The molecule has 4 nitrogen and oxygen atoms in total. The highest BCUT2D eigenvalue weighted by atomic mass is 16.5. The summed E-state index contributed by atoms with van der Waals surface area (Å²) in [5.41, 5.74) is -1.17. The predicted octanol–water partition coefficient (Wildman–Crippen LogP) is 2.95. The number of nitrogens with one attached hydrogen (secondary N) is 1. The predicted molar refractivity (Wildman–Crippen MR) is 81.3 cm³/mol. The van der Waals surface area contributed by atoms with Gasteiger partial charge in [0, 0.05) is 59.7 Å². The van der Waals surface area contributed by atoms with E-state index in [0.717, 1.165) is 6.07 Å². The van der Waals surface area contributed by atoms with Crippen molar-refractivity contribution in [2.75, 3.05) is 6.98 Å². The molecule has 2 saturated heterocycles. The van der Waals surface area contributed by atoms with E-state index in [4.69, 9.17) is 29.4 Å². The number of ether oxygens (including phenoxy) is 1. The third kappa shape index (κ3) is 2.14. The van der Waals surface area contributed by atoms with Gasteiger partial charge in [0.05, 0.1) is 12.4 Å². The van der Waals surface area contributed by atoms with Gasteiger partial charge in [-0.3, -0.25) is 0 Å². The zero-order chi connectivity index (χ0) is 30.3. The van der Waals surface area contributed by atoms with Crippen LogP contribution >= 0.6 is 0 Å². The lowest BCUT2D eigenvalue weighted by atomic mass is 10.0. The van der Waals surface area contributed by atoms with E-state index < -0.39 is 91.3 Å². The minimum atomic E-state index is -4.20. The van der Waals surface area contributed by atoms with E-state index in [1.807, 2.05) is 0 Å². The Kier molecular flexibility index (Phi) is 0.913. The van der Waals surface area contributed by atoms with E-state index in [0.29, 0.717) is 0 Å². The standard InChI is InChI=1S/C17H20N2O2/c1-19-11-6-7-12(19)9-13(8-11)21-17(20)15-10-18-16-5-3-2-4-14(15)16/h2-5,10-13,18H,6-9H2,1H3/t11-,12+,13?/i1D3,2D,3D,5D,6D2,7D2,8D2,9D2,10D,11D,12D,13D. The van der Waals surface area contributed by atoms with Gasteiger partial charge in [0.2, 0.25) is 0 Å². The maximum absolute atomic E-state index is 13.3. The number of aromatic nitrogens is 1. The molecular formula is C17H20N2O2. The molecule has 4 heteroatoms. The summed E-state index contributed by atoms with van der Waals surface area (Å²) in [5.74, 6) is -1.86. The number of para-hydroxylation sites is 1. The Morgan fingerprint density at radius 3 is 3.10 bits per heavy atom. The number of aromatic amines is 1. The Morgan fingerprint density at radius 2 is 2.33 bits per heavy atom. The number of nitrogens with zero attached hydrogens (tertiary/aromatic N) is 1. The third-order valence-corrected chi connectivity index (χ3v) is 2.94. The van der Waals surface area contributed by atoms with Gasteiger partial charge in [-0.1, -0.05) is 18.2 Å². The van der Waals surface area contributed by atoms with Crippen LogP contribution in [-0.2, 0) is 4.74 Å². The lowest BCUT2D eigenvalue weighted by molar-refractivity contribution is -0.000258. The van der Waals surface area contributed by atoms with Crippen LogP contribution in [0.15, 0.2) is 30.4 Å². The fourth-order valence-corrected chi connectivity index (χ4v) is 1.95. The van der Waals surface area contributed by atoms with Crippen molar-refractivity contribution >= 4 is 16.9 Å². The van der Waals surface area contributed by atoms with E-state index in [2.05, 4.69) is 4.98 Å². The number of carbonyl (C=O) groups excluding carboxylic acids is 1. The Balaban J connectivity index is 2.01. The molecule has 0 radical (unpaired) electrons. The molecule has 110 valence electrons. The highest BCUT2D eigenvalue weighted by molar-refractivity contribution is 6.04. The van der Waals surface area contributed by atoms with E-state index in [1.165, 1.54) is 0 Å². The van der Waals surface area contributed by atoms with Crippen molar-refractivity contribution in [1.82, 2.24) is 9.88 Å². The van der Waals surface area contributed by atoms with Crippen LogP contribution in [0, 0.1) is 0 Å². The topological polar surface area (TPSA) is 45.3 Å². The first-order valence-electron chi connectivity index (χ1n) is 14.9. The first-order valence-corrected chi connectivity index (χ1v) is 5.86. The molecule has 0 saturated carbocycles. The third-order valence-electron chi connectivity index (χ3n) is 2.94. The van der Waals surface area contributed by atoms with Crippen molar-refractivity contribution in [1.29, 1.82) is 0 Å². The smallest absolute Gasteiger partial charge is 0.340 e. The second kappa shape index (κ2) is 4.88. The molecule has 2 aliphatic rings. The van der Waals surface area contributed by atoms with Crippen LogP contribution in [0.4, 0.5) is 0 Å². The van der Waals surface area contributed by atoms with Crippen molar-refractivity contribution in [2.24, 2.45) is 0 Å². The van der Waals surface area contributed by atoms with Crippen molar-refractivity contribution in [3.63, 3.8) is 0 Å². The Bertz CT molecular complexity index is 1370. The molecular weight excluding hydrogens is 264 g/mol.